The van der Waals surface area contributed by atoms with E-state index < -0.39 is 0 Å². The molecule has 6 nitrogen and oxygen atoms in total. The van der Waals surface area contributed by atoms with E-state index in [0.717, 1.165) is 40.1 Å². The van der Waals surface area contributed by atoms with Crippen LogP contribution in [0.5, 0.6) is 0 Å². The summed E-state index contributed by atoms with van der Waals surface area (Å²) in [5, 5.41) is 8.20. The van der Waals surface area contributed by atoms with Gasteiger partial charge in [-0.25, -0.2) is 9.48 Å². The van der Waals surface area contributed by atoms with Crippen molar-refractivity contribution in [3.8, 4) is 5.69 Å². The van der Waals surface area contributed by atoms with Crippen molar-refractivity contribution in [2.24, 2.45) is 0 Å². The highest BCUT2D eigenvalue weighted by atomic mass is 16.3. The van der Waals surface area contributed by atoms with Gasteiger partial charge in [0.15, 0.2) is 0 Å². The van der Waals surface area contributed by atoms with E-state index >= 15 is 0 Å². The molecular formula is C22H22N4O2. The molecule has 2 aromatic carbocycles. The molecule has 0 spiro atoms. The number of furan rings is 1. The fraction of sp³-hybridized carbons (Fsp3) is 0.182. The van der Waals surface area contributed by atoms with Gasteiger partial charge >= 0.3 is 6.03 Å². The first-order valence-corrected chi connectivity index (χ1v) is 9.27. The van der Waals surface area contributed by atoms with Gasteiger partial charge < -0.3 is 14.6 Å². The predicted octanol–water partition coefficient (Wildman–Crippen LogP) is 4.84. The summed E-state index contributed by atoms with van der Waals surface area (Å²) in [6.45, 7) is 2.54. The van der Waals surface area contributed by atoms with Crippen molar-refractivity contribution in [1.82, 2.24) is 14.7 Å². The van der Waals surface area contributed by atoms with Crippen molar-refractivity contribution in [2.75, 3.05) is 12.4 Å². The van der Waals surface area contributed by atoms with Crippen LogP contribution in [0.1, 0.15) is 18.2 Å². The second-order valence-corrected chi connectivity index (χ2v) is 6.64. The summed E-state index contributed by atoms with van der Waals surface area (Å²) < 4.78 is 7.70. The quantitative estimate of drug-likeness (QED) is 0.543. The number of nitrogens with zero attached hydrogens (tertiary/aromatic N) is 3. The van der Waals surface area contributed by atoms with E-state index in [4.69, 9.17) is 4.42 Å². The number of nitrogens with one attached hydrogen (secondary N) is 1. The lowest BCUT2D eigenvalue weighted by Crippen LogP contribution is -2.31. The molecule has 2 aromatic heterocycles. The summed E-state index contributed by atoms with van der Waals surface area (Å²) in [6, 6.07) is 17.2. The highest BCUT2D eigenvalue weighted by Gasteiger charge is 2.17. The van der Waals surface area contributed by atoms with Crippen LogP contribution >= 0.6 is 0 Å². The molecule has 28 heavy (non-hydrogen) atoms. The summed E-state index contributed by atoms with van der Waals surface area (Å²) in [5.74, 6) is 0.921. The molecule has 2 heterocycles. The fourth-order valence-electron chi connectivity index (χ4n) is 3.26. The summed E-state index contributed by atoms with van der Waals surface area (Å²) in [7, 11) is 1.79. The van der Waals surface area contributed by atoms with Crippen LogP contribution in [0.15, 0.2) is 71.4 Å². The highest BCUT2D eigenvalue weighted by molar-refractivity contribution is 5.90. The van der Waals surface area contributed by atoms with Crippen LogP contribution in [0.2, 0.25) is 0 Å². The van der Waals surface area contributed by atoms with Crippen molar-refractivity contribution in [3.05, 3.63) is 78.3 Å². The predicted molar refractivity (Wildman–Crippen MR) is 110 cm³/mol. The van der Waals surface area contributed by atoms with Crippen LogP contribution in [0.4, 0.5) is 10.5 Å². The van der Waals surface area contributed by atoms with E-state index in [1.54, 1.807) is 22.8 Å². The van der Waals surface area contributed by atoms with Crippen LogP contribution in [-0.2, 0) is 13.0 Å². The standard InChI is InChI=1S/C22H22N4O2/c1-3-20-19(18-7-4-5-8-21(18)28-20)15-25(2)22(27)24-16-9-11-17(12-10-16)26-14-6-13-23-26/h4-14H,3,15H2,1-2H3,(H,24,27). The molecule has 4 aromatic rings. The minimum atomic E-state index is -0.167. The average Bonchev–Trinajstić information content (AvgIpc) is 3.37. The van der Waals surface area contributed by atoms with Gasteiger partial charge in [0.2, 0.25) is 0 Å². The average molecular weight is 374 g/mol. The molecule has 2 amide bonds. The zero-order valence-corrected chi connectivity index (χ0v) is 15.9. The van der Waals surface area contributed by atoms with Crippen LogP contribution in [-0.4, -0.2) is 27.8 Å². The number of urea groups is 1. The van der Waals surface area contributed by atoms with Crippen LogP contribution in [0.3, 0.4) is 0 Å². The number of para-hydroxylation sites is 1. The Kier molecular flexibility index (Phi) is 4.85. The smallest absolute Gasteiger partial charge is 0.321 e. The third-order valence-corrected chi connectivity index (χ3v) is 4.73. The Labute approximate surface area is 163 Å². The second-order valence-electron chi connectivity index (χ2n) is 6.64. The molecule has 0 radical (unpaired) electrons. The molecule has 0 fully saturated rings. The van der Waals surface area contributed by atoms with Gasteiger partial charge in [0.05, 0.1) is 12.2 Å². The van der Waals surface area contributed by atoms with E-state index in [1.807, 2.05) is 60.8 Å². The number of fused-ring (bicyclic) bond motifs is 1. The number of benzene rings is 2. The molecule has 142 valence electrons. The Hall–Kier alpha value is -3.54. The molecule has 4 rings (SSSR count). The van der Waals surface area contributed by atoms with Crippen LogP contribution in [0.25, 0.3) is 16.7 Å². The fourth-order valence-corrected chi connectivity index (χ4v) is 3.26. The van der Waals surface area contributed by atoms with Crippen molar-refractivity contribution in [1.29, 1.82) is 0 Å². The number of rotatable bonds is 5. The summed E-state index contributed by atoms with van der Waals surface area (Å²) in [5.41, 5.74) is 3.59. The Balaban J connectivity index is 1.47. The zero-order valence-electron chi connectivity index (χ0n) is 15.9. The van der Waals surface area contributed by atoms with Gasteiger partial charge in [0.25, 0.3) is 0 Å². The van der Waals surface area contributed by atoms with Crippen molar-refractivity contribution >= 4 is 22.7 Å². The Bertz CT molecular complexity index is 1080. The minimum absolute atomic E-state index is 0.167. The topological polar surface area (TPSA) is 63.3 Å². The SMILES string of the molecule is CCc1oc2ccccc2c1CN(C)C(=O)Nc1ccc(-n2cccn2)cc1. The van der Waals surface area contributed by atoms with Gasteiger partial charge in [0.1, 0.15) is 11.3 Å². The van der Waals surface area contributed by atoms with Gasteiger partial charge in [-0.15, -0.1) is 0 Å². The van der Waals surface area contributed by atoms with Crippen molar-refractivity contribution < 1.29 is 9.21 Å². The molecule has 0 saturated carbocycles. The minimum Gasteiger partial charge on any atom is -0.461 e. The molecule has 0 atom stereocenters. The number of carbonyl (C=O) groups is 1. The Morgan fingerprint density at radius 2 is 1.93 bits per heavy atom. The first-order chi connectivity index (χ1) is 13.7. The maximum Gasteiger partial charge on any atom is 0.321 e. The third-order valence-electron chi connectivity index (χ3n) is 4.73. The van der Waals surface area contributed by atoms with Crippen molar-refractivity contribution in [3.63, 3.8) is 0 Å². The molecule has 0 saturated heterocycles. The Morgan fingerprint density at radius 1 is 1.14 bits per heavy atom. The monoisotopic (exact) mass is 374 g/mol. The van der Waals surface area contributed by atoms with E-state index in [1.165, 1.54) is 0 Å². The second kappa shape index (κ2) is 7.60. The lowest BCUT2D eigenvalue weighted by Gasteiger charge is -2.18. The third kappa shape index (κ3) is 3.49. The van der Waals surface area contributed by atoms with Crippen molar-refractivity contribution in [2.45, 2.75) is 19.9 Å². The molecule has 6 heteroatoms. The van der Waals surface area contributed by atoms with E-state index in [9.17, 15) is 4.79 Å². The number of aryl methyl sites for hydroxylation is 1. The molecule has 0 bridgehead atoms. The van der Waals surface area contributed by atoms with Gasteiger partial charge in [-0.1, -0.05) is 25.1 Å². The number of hydrogen-bond donors (Lipinski definition) is 1. The normalized spacial score (nSPS) is 10.9. The van der Waals surface area contributed by atoms with E-state index in [2.05, 4.69) is 17.3 Å². The Morgan fingerprint density at radius 3 is 2.64 bits per heavy atom. The zero-order chi connectivity index (χ0) is 19.5. The van der Waals surface area contributed by atoms with Gasteiger partial charge in [-0.3, -0.25) is 0 Å². The first-order valence-electron chi connectivity index (χ1n) is 9.27. The number of amides is 2. The van der Waals surface area contributed by atoms with E-state index in [-0.39, 0.29) is 6.03 Å². The van der Waals surface area contributed by atoms with Gasteiger partial charge in [0, 0.05) is 42.5 Å². The summed E-state index contributed by atoms with van der Waals surface area (Å²) in [4.78, 5) is 14.3. The molecular weight excluding hydrogens is 352 g/mol. The highest BCUT2D eigenvalue weighted by Crippen LogP contribution is 2.27. The number of anilines is 1. The molecule has 1 N–H and O–H groups in total. The number of hydrogen-bond acceptors (Lipinski definition) is 3. The molecule has 0 aliphatic carbocycles. The first kappa shape index (κ1) is 17.9. The van der Waals surface area contributed by atoms with Crippen LogP contribution in [0, 0.1) is 0 Å². The maximum atomic E-state index is 12.7. The molecule has 0 unspecified atom stereocenters. The van der Waals surface area contributed by atoms with Gasteiger partial charge in [-0.2, -0.15) is 5.10 Å². The molecule has 0 aliphatic rings. The van der Waals surface area contributed by atoms with E-state index in [0.29, 0.717) is 6.54 Å². The summed E-state index contributed by atoms with van der Waals surface area (Å²) >= 11 is 0. The molecule has 0 aliphatic heterocycles. The van der Waals surface area contributed by atoms with Crippen LogP contribution < -0.4 is 5.32 Å². The lowest BCUT2D eigenvalue weighted by molar-refractivity contribution is 0.220. The lowest BCUT2D eigenvalue weighted by atomic mass is 10.1. The maximum absolute atomic E-state index is 12.7. The summed E-state index contributed by atoms with van der Waals surface area (Å²) in [6.07, 6.45) is 4.39. The number of aromatic nitrogens is 2. The largest absolute Gasteiger partial charge is 0.461 e. The van der Waals surface area contributed by atoms with Gasteiger partial charge in [-0.05, 0) is 36.4 Å². The number of carbonyl (C=O) groups excluding carboxylic acids is 1.